The lowest BCUT2D eigenvalue weighted by Crippen LogP contribution is -2.47. The number of nitro groups is 1. The summed E-state index contributed by atoms with van der Waals surface area (Å²) in [6.07, 6.45) is 1.28. The zero-order chi connectivity index (χ0) is 23.1. The molecule has 0 saturated carbocycles. The largest absolute Gasteiger partial charge is 0.493 e. The van der Waals surface area contributed by atoms with E-state index in [0.717, 1.165) is 11.0 Å². The molecule has 0 bridgehead atoms. The van der Waals surface area contributed by atoms with E-state index < -0.39 is 22.4 Å². The zero-order valence-corrected chi connectivity index (χ0v) is 18.1. The van der Waals surface area contributed by atoms with E-state index in [1.807, 2.05) is 0 Å². The van der Waals surface area contributed by atoms with Crippen LogP contribution in [0.25, 0.3) is 0 Å². The van der Waals surface area contributed by atoms with Gasteiger partial charge in [0.1, 0.15) is 5.56 Å². The molecule has 11 heteroatoms. The number of rotatable bonds is 8. The number of likely N-dealkylation sites (tertiary alicyclic amines) is 1. The Bertz CT molecular complexity index is 857. The van der Waals surface area contributed by atoms with Crippen LogP contribution in [0.2, 0.25) is 0 Å². The van der Waals surface area contributed by atoms with Crippen LogP contribution in [-0.2, 0) is 14.3 Å². The standard InChI is InChI=1S/C20H27N3O8/c1-5-31-20(26)13-7-6-8-22(11-13)18(24)12-21(2)19(25)14-9-16(29-3)17(30-4)10-15(14)23(27)28/h9-10,13H,5-8,11-12H2,1-4H3. The summed E-state index contributed by atoms with van der Waals surface area (Å²) in [7, 11) is 4.06. The molecule has 0 spiro atoms. The van der Waals surface area contributed by atoms with Gasteiger partial charge in [-0.05, 0) is 19.8 Å². The smallest absolute Gasteiger partial charge is 0.310 e. The van der Waals surface area contributed by atoms with Gasteiger partial charge in [0.25, 0.3) is 11.6 Å². The maximum Gasteiger partial charge on any atom is 0.310 e. The topological polar surface area (TPSA) is 129 Å². The number of nitro benzene ring substituents is 1. The van der Waals surface area contributed by atoms with Crippen molar-refractivity contribution >= 4 is 23.5 Å². The highest BCUT2D eigenvalue weighted by atomic mass is 16.6. The predicted octanol–water partition coefficient (Wildman–Crippen LogP) is 1.49. The van der Waals surface area contributed by atoms with Gasteiger partial charge in [0.2, 0.25) is 5.91 Å². The molecule has 1 aliphatic rings. The second kappa shape index (κ2) is 10.6. The van der Waals surface area contributed by atoms with E-state index in [1.54, 1.807) is 6.92 Å². The quantitative estimate of drug-likeness (QED) is 0.340. The van der Waals surface area contributed by atoms with Crippen LogP contribution in [0.15, 0.2) is 12.1 Å². The van der Waals surface area contributed by atoms with Crippen molar-refractivity contribution in [1.82, 2.24) is 9.80 Å². The second-order valence-electron chi connectivity index (χ2n) is 7.07. The van der Waals surface area contributed by atoms with Crippen LogP contribution in [0.4, 0.5) is 5.69 Å². The summed E-state index contributed by atoms with van der Waals surface area (Å²) in [6, 6.07) is 2.33. The highest BCUT2D eigenvalue weighted by Gasteiger charge is 2.32. The molecular weight excluding hydrogens is 410 g/mol. The third-order valence-corrected chi connectivity index (χ3v) is 5.04. The molecule has 1 aliphatic heterocycles. The molecule has 2 amide bonds. The molecule has 170 valence electrons. The third-order valence-electron chi connectivity index (χ3n) is 5.04. The summed E-state index contributed by atoms with van der Waals surface area (Å²) in [4.78, 5) is 51.0. The highest BCUT2D eigenvalue weighted by molar-refractivity contribution is 6.00. The lowest BCUT2D eigenvalue weighted by Gasteiger charge is -2.32. The number of hydrogen-bond acceptors (Lipinski definition) is 8. The molecular formula is C20H27N3O8. The Balaban J connectivity index is 2.15. The molecule has 0 aliphatic carbocycles. The summed E-state index contributed by atoms with van der Waals surface area (Å²) >= 11 is 0. The number of benzene rings is 1. The fourth-order valence-electron chi connectivity index (χ4n) is 3.43. The summed E-state index contributed by atoms with van der Waals surface area (Å²) in [5.74, 6) is -1.53. The molecule has 31 heavy (non-hydrogen) atoms. The van der Waals surface area contributed by atoms with Crippen molar-refractivity contribution in [2.24, 2.45) is 5.92 Å². The predicted molar refractivity (Wildman–Crippen MR) is 109 cm³/mol. The van der Waals surface area contributed by atoms with E-state index in [2.05, 4.69) is 0 Å². The molecule has 0 radical (unpaired) electrons. The third kappa shape index (κ3) is 5.62. The Morgan fingerprint density at radius 2 is 1.87 bits per heavy atom. The van der Waals surface area contributed by atoms with E-state index >= 15 is 0 Å². The first-order chi connectivity index (χ1) is 14.7. The van der Waals surface area contributed by atoms with Gasteiger partial charge in [0, 0.05) is 26.2 Å². The summed E-state index contributed by atoms with van der Waals surface area (Å²) in [6.45, 7) is 2.38. The molecule has 2 rings (SSSR count). The Labute approximate surface area is 180 Å². The van der Waals surface area contributed by atoms with Gasteiger partial charge in [0.15, 0.2) is 11.5 Å². The zero-order valence-electron chi connectivity index (χ0n) is 18.1. The van der Waals surface area contributed by atoms with E-state index in [0.29, 0.717) is 19.4 Å². The molecule has 0 aromatic heterocycles. The summed E-state index contributed by atoms with van der Waals surface area (Å²) in [5.41, 5.74) is -0.678. The Kier molecular flexibility index (Phi) is 8.17. The molecule has 1 atom stereocenters. The Morgan fingerprint density at radius 3 is 2.45 bits per heavy atom. The normalized spacial score (nSPS) is 15.7. The van der Waals surface area contributed by atoms with Crippen molar-refractivity contribution in [2.45, 2.75) is 19.8 Å². The number of methoxy groups -OCH3 is 2. The summed E-state index contributed by atoms with van der Waals surface area (Å²) in [5, 5.41) is 11.5. The number of likely N-dealkylation sites (N-methyl/N-ethyl adjacent to an activating group) is 1. The number of carbonyl (C=O) groups excluding carboxylic acids is 3. The molecule has 0 N–H and O–H groups in total. The number of carbonyl (C=O) groups is 3. The Morgan fingerprint density at radius 1 is 1.23 bits per heavy atom. The fourth-order valence-corrected chi connectivity index (χ4v) is 3.43. The molecule has 1 heterocycles. The van der Waals surface area contributed by atoms with Crippen molar-refractivity contribution in [2.75, 3.05) is 47.5 Å². The number of esters is 1. The van der Waals surface area contributed by atoms with E-state index in [1.165, 1.54) is 32.2 Å². The first-order valence-electron chi connectivity index (χ1n) is 9.83. The minimum atomic E-state index is -0.708. The number of hydrogen-bond donors (Lipinski definition) is 0. The van der Waals surface area contributed by atoms with Gasteiger partial charge >= 0.3 is 5.97 Å². The van der Waals surface area contributed by atoms with Crippen LogP contribution >= 0.6 is 0 Å². The van der Waals surface area contributed by atoms with Gasteiger partial charge < -0.3 is 24.0 Å². The van der Waals surface area contributed by atoms with Crippen molar-refractivity contribution in [3.05, 3.63) is 27.8 Å². The van der Waals surface area contributed by atoms with Gasteiger partial charge in [-0.25, -0.2) is 0 Å². The molecule has 1 aromatic carbocycles. The number of amides is 2. The van der Waals surface area contributed by atoms with E-state index in [-0.39, 0.29) is 48.6 Å². The van der Waals surface area contributed by atoms with Gasteiger partial charge in [0.05, 0.1) is 44.3 Å². The maximum absolute atomic E-state index is 12.9. The SMILES string of the molecule is CCOC(=O)C1CCCN(C(=O)CN(C)C(=O)c2cc(OC)c(OC)cc2[N+](=O)[O-])C1. The number of nitrogens with zero attached hydrogens (tertiary/aromatic N) is 3. The van der Waals surface area contributed by atoms with Gasteiger partial charge in [-0.15, -0.1) is 0 Å². The fraction of sp³-hybridized carbons (Fsp3) is 0.550. The lowest BCUT2D eigenvalue weighted by atomic mass is 9.98. The maximum atomic E-state index is 12.9. The molecule has 11 nitrogen and oxygen atoms in total. The molecule has 1 unspecified atom stereocenters. The minimum absolute atomic E-state index is 0.114. The summed E-state index contributed by atoms with van der Waals surface area (Å²) < 4.78 is 15.2. The average molecular weight is 437 g/mol. The van der Waals surface area contributed by atoms with E-state index in [9.17, 15) is 24.5 Å². The van der Waals surface area contributed by atoms with Crippen molar-refractivity contribution in [3.63, 3.8) is 0 Å². The lowest BCUT2D eigenvalue weighted by molar-refractivity contribution is -0.385. The molecule has 1 saturated heterocycles. The van der Waals surface area contributed by atoms with Gasteiger partial charge in [-0.2, -0.15) is 0 Å². The Hall–Kier alpha value is -3.37. The van der Waals surface area contributed by atoms with Gasteiger partial charge in [-0.1, -0.05) is 0 Å². The monoisotopic (exact) mass is 437 g/mol. The van der Waals surface area contributed by atoms with Crippen LogP contribution in [-0.4, -0.2) is 80.0 Å². The average Bonchev–Trinajstić information content (AvgIpc) is 2.77. The van der Waals surface area contributed by atoms with Crippen LogP contribution in [0.1, 0.15) is 30.1 Å². The molecule has 1 aromatic rings. The number of piperidine rings is 1. The van der Waals surface area contributed by atoms with E-state index in [4.69, 9.17) is 14.2 Å². The van der Waals surface area contributed by atoms with Crippen LogP contribution in [0, 0.1) is 16.0 Å². The van der Waals surface area contributed by atoms with Gasteiger partial charge in [-0.3, -0.25) is 24.5 Å². The first kappa shape index (κ1) is 23.9. The first-order valence-corrected chi connectivity index (χ1v) is 9.83. The van der Waals surface area contributed by atoms with Crippen LogP contribution in [0.3, 0.4) is 0 Å². The number of ether oxygens (including phenoxy) is 3. The van der Waals surface area contributed by atoms with Crippen LogP contribution < -0.4 is 9.47 Å². The second-order valence-corrected chi connectivity index (χ2v) is 7.07. The van der Waals surface area contributed by atoms with Crippen molar-refractivity contribution in [3.8, 4) is 11.5 Å². The minimum Gasteiger partial charge on any atom is -0.493 e. The van der Waals surface area contributed by atoms with Crippen molar-refractivity contribution < 1.29 is 33.5 Å². The van der Waals surface area contributed by atoms with Crippen LogP contribution in [0.5, 0.6) is 11.5 Å². The highest BCUT2D eigenvalue weighted by Crippen LogP contribution is 2.35. The van der Waals surface area contributed by atoms with Crippen molar-refractivity contribution in [1.29, 1.82) is 0 Å². The molecule has 1 fully saturated rings.